The van der Waals surface area contributed by atoms with Crippen LogP contribution in [0.3, 0.4) is 0 Å². The molecule has 0 atom stereocenters. The predicted octanol–water partition coefficient (Wildman–Crippen LogP) is 2.39. The Morgan fingerprint density at radius 3 is 3.10 bits per heavy atom. The number of nitrogens with one attached hydrogen (secondary N) is 2. The summed E-state index contributed by atoms with van der Waals surface area (Å²) in [5.74, 6) is 1.72. The minimum atomic E-state index is -0.0762. The molecule has 0 saturated carbocycles. The van der Waals surface area contributed by atoms with Crippen LogP contribution in [0.2, 0.25) is 0 Å². The van der Waals surface area contributed by atoms with Crippen LogP contribution in [-0.4, -0.2) is 40.2 Å². The summed E-state index contributed by atoms with van der Waals surface area (Å²) >= 11 is 1.75. The Hall–Kier alpha value is -1.89. The van der Waals surface area contributed by atoms with Crippen molar-refractivity contribution in [3.63, 3.8) is 0 Å². The quantitative estimate of drug-likeness (QED) is 0.770. The number of thioether (sulfide) groups is 1. The van der Waals surface area contributed by atoms with Crippen LogP contribution in [-0.2, 0) is 12.3 Å². The monoisotopic (exact) mass is 308 g/mol. The molecule has 0 aliphatic rings. The van der Waals surface area contributed by atoms with Crippen LogP contribution in [0.1, 0.15) is 17.0 Å². The molecule has 2 rings (SSSR count). The Morgan fingerprint density at radius 1 is 1.57 bits per heavy atom. The molecule has 0 unspecified atom stereocenters. The molecule has 0 aliphatic heterocycles. The van der Waals surface area contributed by atoms with Gasteiger partial charge in [0, 0.05) is 36.4 Å². The van der Waals surface area contributed by atoms with E-state index in [0.29, 0.717) is 13.1 Å². The molecule has 7 heteroatoms. The molecule has 0 saturated heterocycles. The van der Waals surface area contributed by atoms with Crippen molar-refractivity contribution >= 4 is 17.8 Å². The van der Waals surface area contributed by atoms with Crippen LogP contribution in [0, 0.1) is 6.92 Å². The molecule has 0 aliphatic carbocycles. The van der Waals surface area contributed by atoms with E-state index in [1.807, 2.05) is 13.0 Å². The largest absolute Gasteiger partial charge is 0.472 e. The number of aromatic amines is 1. The fourth-order valence-corrected chi connectivity index (χ4v) is 2.67. The van der Waals surface area contributed by atoms with E-state index in [2.05, 4.69) is 15.3 Å². The van der Waals surface area contributed by atoms with Gasteiger partial charge < -0.3 is 19.6 Å². The molecule has 2 aromatic rings. The SMILES string of the molecule is Cc1[nH]cnc1CSCCNC(=O)N(C)Cc1ccoc1. The summed E-state index contributed by atoms with van der Waals surface area (Å²) in [4.78, 5) is 20.8. The highest BCUT2D eigenvalue weighted by molar-refractivity contribution is 7.98. The standard InChI is InChI=1S/C14H20N4O2S/c1-11-13(17-10-16-11)9-21-6-4-15-14(19)18(2)7-12-3-5-20-8-12/h3,5,8,10H,4,6-7,9H2,1-2H3,(H,15,19)(H,16,17). The zero-order valence-corrected chi connectivity index (χ0v) is 13.1. The number of urea groups is 1. The third-order valence-electron chi connectivity index (χ3n) is 3.04. The Labute approximate surface area is 128 Å². The molecule has 114 valence electrons. The highest BCUT2D eigenvalue weighted by atomic mass is 32.2. The maximum absolute atomic E-state index is 11.9. The van der Waals surface area contributed by atoms with Gasteiger partial charge in [-0.1, -0.05) is 0 Å². The second kappa shape index (κ2) is 7.78. The van der Waals surface area contributed by atoms with Crippen molar-refractivity contribution < 1.29 is 9.21 Å². The van der Waals surface area contributed by atoms with E-state index >= 15 is 0 Å². The van der Waals surface area contributed by atoms with Gasteiger partial charge in [-0.05, 0) is 13.0 Å². The minimum Gasteiger partial charge on any atom is -0.472 e. The van der Waals surface area contributed by atoms with Gasteiger partial charge in [-0.3, -0.25) is 0 Å². The van der Waals surface area contributed by atoms with Crippen molar-refractivity contribution in [2.24, 2.45) is 0 Å². The number of rotatable bonds is 7. The number of aryl methyl sites for hydroxylation is 1. The fourth-order valence-electron chi connectivity index (χ4n) is 1.79. The number of amides is 2. The lowest BCUT2D eigenvalue weighted by atomic mass is 10.3. The van der Waals surface area contributed by atoms with Gasteiger partial charge >= 0.3 is 6.03 Å². The first kappa shape index (κ1) is 15.5. The molecular weight excluding hydrogens is 288 g/mol. The van der Waals surface area contributed by atoms with Crippen LogP contribution in [0.15, 0.2) is 29.3 Å². The van der Waals surface area contributed by atoms with E-state index in [1.54, 1.807) is 42.6 Å². The van der Waals surface area contributed by atoms with Crippen LogP contribution in [0.5, 0.6) is 0 Å². The summed E-state index contributed by atoms with van der Waals surface area (Å²) in [6, 6.07) is 1.78. The number of imidazole rings is 1. The lowest BCUT2D eigenvalue weighted by Gasteiger charge is -2.16. The van der Waals surface area contributed by atoms with Crippen molar-refractivity contribution in [3.05, 3.63) is 41.9 Å². The van der Waals surface area contributed by atoms with Crippen molar-refractivity contribution in [1.82, 2.24) is 20.2 Å². The van der Waals surface area contributed by atoms with Gasteiger partial charge in [0.05, 0.1) is 31.1 Å². The Balaban J connectivity index is 1.59. The van der Waals surface area contributed by atoms with Gasteiger partial charge in [0.2, 0.25) is 0 Å². The molecule has 0 radical (unpaired) electrons. The first-order chi connectivity index (χ1) is 10.2. The second-order valence-corrected chi connectivity index (χ2v) is 5.85. The summed E-state index contributed by atoms with van der Waals surface area (Å²) in [7, 11) is 1.77. The predicted molar refractivity (Wildman–Crippen MR) is 83.1 cm³/mol. The van der Waals surface area contributed by atoms with Crippen LogP contribution >= 0.6 is 11.8 Å². The number of nitrogens with zero attached hydrogens (tertiary/aromatic N) is 2. The van der Waals surface area contributed by atoms with Crippen LogP contribution in [0.4, 0.5) is 4.79 Å². The normalized spacial score (nSPS) is 10.6. The smallest absolute Gasteiger partial charge is 0.317 e. The number of carbonyl (C=O) groups is 1. The van der Waals surface area contributed by atoms with Crippen LogP contribution in [0.25, 0.3) is 0 Å². The van der Waals surface area contributed by atoms with Crippen molar-refractivity contribution in [3.8, 4) is 0 Å². The summed E-state index contributed by atoms with van der Waals surface area (Å²) in [5, 5.41) is 2.90. The Bertz CT molecular complexity index is 553. The Kier molecular flexibility index (Phi) is 5.74. The third-order valence-corrected chi connectivity index (χ3v) is 4.01. The van der Waals surface area contributed by atoms with Crippen LogP contribution < -0.4 is 5.32 Å². The number of hydrogen-bond acceptors (Lipinski definition) is 4. The van der Waals surface area contributed by atoms with E-state index in [-0.39, 0.29) is 6.03 Å². The van der Waals surface area contributed by atoms with E-state index in [9.17, 15) is 4.79 Å². The van der Waals surface area contributed by atoms with Crippen molar-refractivity contribution in [1.29, 1.82) is 0 Å². The molecule has 2 heterocycles. The van der Waals surface area contributed by atoms with Gasteiger partial charge in [0.15, 0.2) is 0 Å². The molecule has 2 amide bonds. The van der Waals surface area contributed by atoms with Gasteiger partial charge in [0.1, 0.15) is 0 Å². The molecule has 0 aromatic carbocycles. The minimum absolute atomic E-state index is 0.0762. The second-order valence-electron chi connectivity index (χ2n) is 4.75. The molecule has 21 heavy (non-hydrogen) atoms. The van der Waals surface area contributed by atoms with E-state index in [4.69, 9.17) is 4.42 Å². The lowest BCUT2D eigenvalue weighted by Crippen LogP contribution is -2.37. The molecule has 0 bridgehead atoms. The zero-order chi connectivity index (χ0) is 15.1. The number of aromatic nitrogens is 2. The third kappa shape index (κ3) is 4.86. The first-order valence-corrected chi connectivity index (χ1v) is 7.89. The van der Waals surface area contributed by atoms with Gasteiger partial charge in [0.25, 0.3) is 0 Å². The van der Waals surface area contributed by atoms with E-state index < -0.39 is 0 Å². The maximum Gasteiger partial charge on any atom is 0.317 e. The zero-order valence-electron chi connectivity index (χ0n) is 12.3. The van der Waals surface area contributed by atoms with Crippen molar-refractivity contribution in [2.45, 2.75) is 19.2 Å². The van der Waals surface area contributed by atoms with Crippen molar-refractivity contribution in [2.75, 3.05) is 19.3 Å². The molecule has 0 spiro atoms. The van der Waals surface area contributed by atoms with Gasteiger partial charge in [-0.2, -0.15) is 11.8 Å². The molecule has 0 fully saturated rings. The van der Waals surface area contributed by atoms with Gasteiger partial charge in [-0.15, -0.1) is 0 Å². The van der Waals surface area contributed by atoms with E-state index in [1.165, 1.54) is 0 Å². The Morgan fingerprint density at radius 2 is 2.43 bits per heavy atom. The topological polar surface area (TPSA) is 74.2 Å². The average molecular weight is 308 g/mol. The molecule has 6 nitrogen and oxygen atoms in total. The number of hydrogen-bond donors (Lipinski definition) is 2. The summed E-state index contributed by atoms with van der Waals surface area (Å²) in [5.41, 5.74) is 3.16. The number of furan rings is 1. The molecule has 2 aromatic heterocycles. The molecular formula is C14H20N4O2S. The van der Waals surface area contributed by atoms with Gasteiger partial charge in [-0.25, -0.2) is 9.78 Å². The lowest BCUT2D eigenvalue weighted by molar-refractivity contribution is 0.207. The molecule has 2 N–H and O–H groups in total. The number of carbonyl (C=O) groups excluding carboxylic acids is 1. The average Bonchev–Trinajstić information content (AvgIpc) is 3.10. The highest BCUT2D eigenvalue weighted by Gasteiger charge is 2.09. The maximum atomic E-state index is 11.9. The summed E-state index contributed by atoms with van der Waals surface area (Å²) in [6.45, 7) is 3.19. The highest BCUT2D eigenvalue weighted by Crippen LogP contribution is 2.11. The fraction of sp³-hybridized carbons (Fsp3) is 0.429. The number of H-pyrrole nitrogens is 1. The summed E-state index contributed by atoms with van der Waals surface area (Å²) in [6.07, 6.45) is 4.96. The van der Waals surface area contributed by atoms with E-state index in [0.717, 1.165) is 28.5 Å². The summed E-state index contributed by atoms with van der Waals surface area (Å²) < 4.78 is 4.98. The first-order valence-electron chi connectivity index (χ1n) is 6.73.